The molecule has 2 bridgehead atoms. The molecule has 0 amide bonds. The van der Waals surface area contributed by atoms with Gasteiger partial charge >= 0.3 is 5.97 Å². The summed E-state index contributed by atoms with van der Waals surface area (Å²) in [6, 6.07) is 0. The number of ether oxygens (including phenoxy) is 1. The van der Waals surface area contributed by atoms with Gasteiger partial charge < -0.3 is 4.74 Å². The van der Waals surface area contributed by atoms with E-state index in [-0.39, 0.29) is 12.1 Å². The number of hydrogen-bond donors (Lipinski definition) is 0. The Morgan fingerprint density at radius 3 is 2.52 bits per heavy atom. The van der Waals surface area contributed by atoms with Crippen LogP contribution in [-0.2, 0) is 9.53 Å². The Balaban J connectivity index is 1.70. The molecule has 21 heavy (non-hydrogen) atoms. The van der Waals surface area contributed by atoms with Crippen molar-refractivity contribution in [3.8, 4) is 0 Å². The van der Waals surface area contributed by atoms with Gasteiger partial charge in [-0.05, 0) is 73.5 Å². The van der Waals surface area contributed by atoms with Crippen molar-refractivity contribution < 1.29 is 9.53 Å². The predicted molar refractivity (Wildman–Crippen MR) is 84.8 cm³/mol. The number of esters is 1. The monoisotopic (exact) mass is 290 g/mol. The van der Waals surface area contributed by atoms with Gasteiger partial charge in [-0.15, -0.1) is 0 Å². The third kappa shape index (κ3) is 2.26. The molecule has 3 aliphatic carbocycles. The van der Waals surface area contributed by atoms with Crippen molar-refractivity contribution in [2.24, 2.45) is 28.6 Å². The van der Waals surface area contributed by atoms with Crippen LogP contribution in [0.2, 0.25) is 0 Å². The fraction of sp³-hybridized carbons (Fsp3) is 0.842. The van der Waals surface area contributed by atoms with Gasteiger partial charge in [0.2, 0.25) is 0 Å². The van der Waals surface area contributed by atoms with Crippen LogP contribution in [0.5, 0.6) is 0 Å². The van der Waals surface area contributed by atoms with Gasteiger partial charge in [0.05, 0.1) is 0 Å². The van der Waals surface area contributed by atoms with E-state index in [9.17, 15) is 4.79 Å². The molecular weight excluding hydrogens is 260 g/mol. The van der Waals surface area contributed by atoms with Gasteiger partial charge in [0.15, 0.2) is 0 Å². The first-order valence-corrected chi connectivity index (χ1v) is 8.71. The number of hydrogen-bond acceptors (Lipinski definition) is 2. The molecule has 0 N–H and O–H groups in total. The highest BCUT2D eigenvalue weighted by molar-refractivity contribution is 5.81. The molecule has 5 atom stereocenters. The van der Waals surface area contributed by atoms with E-state index in [1.54, 1.807) is 0 Å². The number of carbonyl (C=O) groups is 1. The summed E-state index contributed by atoms with van der Waals surface area (Å²) in [5, 5.41) is 0. The Morgan fingerprint density at radius 1 is 1.19 bits per heavy atom. The van der Waals surface area contributed by atoms with Crippen molar-refractivity contribution in [2.75, 3.05) is 0 Å². The van der Waals surface area contributed by atoms with Crippen molar-refractivity contribution in [3.63, 3.8) is 0 Å². The summed E-state index contributed by atoms with van der Waals surface area (Å²) in [5.74, 6) is 2.23. The summed E-state index contributed by atoms with van der Waals surface area (Å²) in [4.78, 5) is 11.5. The second-order valence-corrected chi connectivity index (χ2v) is 8.41. The molecule has 118 valence electrons. The Morgan fingerprint density at radius 2 is 1.95 bits per heavy atom. The van der Waals surface area contributed by atoms with Gasteiger partial charge in [-0.1, -0.05) is 27.4 Å². The number of fused-ring (bicyclic) bond motifs is 2. The van der Waals surface area contributed by atoms with Crippen LogP contribution in [0.4, 0.5) is 0 Å². The average molecular weight is 290 g/mol. The van der Waals surface area contributed by atoms with Gasteiger partial charge in [-0.2, -0.15) is 0 Å². The molecule has 3 rings (SSSR count). The molecule has 0 aromatic carbocycles. The minimum absolute atomic E-state index is 0.125. The van der Waals surface area contributed by atoms with Crippen molar-refractivity contribution >= 4 is 5.97 Å². The zero-order chi connectivity index (χ0) is 15.3. The summed E-state index contributed by atoms with van der Waals surface area (Å²) in [6.07, 6.45) is 10.3. The summed E-state index contributed by atoms with van der Waals surface area (Å²) in [7, 11) is 0. The molecule has 0 spiro atoms. The van der Waals surface area contributed by atoms with Crippen molar-refractivity contribution in [3.05, 3.63) is 12.7 Å². The fourth-order valence-electron chi connectivity index (χ4n) is 5.84. The molecule has 0 unspecified atom stereocenters. The predicted octanol–water partition coefficient (Wildman–Crippen LogP) is 4.74. The Bertz CT molecular complexity index is 439. The van der Waals surface area contributed by atoms with E-state index in [0.29, 0.717) is 10.8 Å². The highest BCUT2D eigenvalue weighted by atomic mass is 16.5. The van der Waals surface area contributed by atoms with Gasteiger partial charge in [-0.3, -0.25) is 0 Å². The summed E-state index contributed by atoms with van der Waals surface area (Å²) >= 11 is 0. The molecule has 0 heterocycles. The number of carbonyl (C=O) groups excluding carboxylic acids is 1. The first-order valence-electron chi connectivity index (χ1n) is 8.71. The van der Waals surface area contributed by atoms with Gasteiger partial charge in [-0.25, -0.2) is 4.79 Å². The minimum Gasteiger partial charge on any atom is -0.459 e. The molecule has 0 saturated heterocycles. The van der Waals surface area contributed by atoms with E-state index in [1.807, 2.05) is 0 Å². The first-order chi connectivity index (χ1) is 9.88. The molecule has 0 aliphatic heterocycles. The van der Waals surface area contributed by atoms with E-state index >= 15 is 0 Å². The fourth-order valence-corrected chi connectivity index (χ4v) is 5.84. The molecule has 0 aromatic rings. The van der Waals surface area contributed by atoms with E-state index in [0.717, 1.165) is 30.6 Å². The molecule has 0 aromatic heterocycles. The molecule has 0 radical (unpaired) electrons. The van der Waals surface area contributed by atoms with Crippen LogP contribution in [0.1, 0.15) is 65.7 Å². The van der Waals surface area contributed by atoms with Crippen molar-refractivity contribution in [1.29, 1.82) is 0 Å². The Hall–Kier alpha value is -0.790. The SMILES string of the molecule is C=CC(=O)O[C@@H]1CCC[C@H]([C@H]2C[C@H]3CC[C@@]2(C)C3(C)C)C1. The van der Waals surface area contributed by atoms with Crippen LogP contribution in [0.25, 0.3) is 0 Å². The normalized spacial score (nSPS) is 44.5. The lowest BCUT2D eigenvalue weighted by Gasteiger charge is -2.45. The standard InChI is InChI=1S/C19H30O2/c1-5-17(20)21-15-8-6-7-13(11-15)16-12-14-9-10-19(16,4)18(14,2)3/h5,13-16H,1,6-12H2,2-4H3/t13-,14+,15+,16+,19+/m0/s1. The van der Waals surface area contributed by atoms with Crippen LogP contribution < -0.4 is 0 Å². The maximum absolute atomic E-state index is 11.5. The van der Waals surface area contributed by atoms with E-state index < -0.39 is 0 Å². The average Bonchev–Trinajstić information content (AvgIpc) is 2.80. The highest BCUT2D eigenvalue weighted by Crippen LogP contribution is 2.70. The van der Waals surface area contributed by atoms with Gasteiger partial charge in [0, 0.05) is 6.08 Å². The second-order valence-electron chi connectivity index (χ2n) is 8.41. The lowest BCUT2D eigenvalue weighted by molar-refractivity contribution is -0.146. The molecule has 2 heteroatoms. The minimum atomic E-state index is -0.250. The number of rotatable bonds is 3. The highest BCUT2D eigenvalue weighted by Gasteiger charge is 2.62. The lowest BCUT2D eigenvalue weighted by atomic mass is 9.61. The van der Waals surface area contributed by atoms with Gasteiger partial charge in [0.25, 0.3) is 0 Å². The van der Waals surface area contributed by atoms with E-state index in [2.05, 4.69) is 27.4 Å². The van der Waals surface area contributed by atoms with Crippen LogP contribution in [0, 0.1) is 28.6 Å². The molecular formula is C19H30O2. The smallest absolute Gasteiger partial charge is 0.330 e. The quantitative estimate of drug-likeness (QED) is 0.554. The Labute approximate surface area is 129 Å². The first kappa shape index (κ1) is 15.1. The molecule has 3 aliphatic rings. The second kappa shape index (κ2) is 5.14. The summed E-state index contributed by atoms with van der Waals surface area (Å²) in [5.41, 5.74) is 0.981. The molecule has 3 fully saturated rings. The van der Waals surface area contributed by atoms with Crippen molar-refractivity contribution in [2.45, 2.75) is 71.8 Å². The summed E-state index contributed by atoms with van der Waals surface area (Å²) in [6.45, 7) is 11.0. The van der Waals surface area contributed by atoms with Crippen LogP contribution in [0.15, 0.2) is 12.7 Å². The van der Waals surface area contributed by atoms with E-state index in [1.165, 1.54) is 38.2 Å². The molecule has 3 saturated carbocycles. The molecule has 2 nitrogen and oxygen atoms in total. The van der Waals surface area contributed by atoms with E-state index in [4.69, 9.17) is 4.74 Å². The van der Waals surface area contributed by atoms with Crippen LogP contribution in [0.3, 0.4) is 0 Å². The zero-order valence-corrected chi connectivity index (χ0v) is 13.9. The maximum atomic E-state index is 11.5. The van der Waals surface area contributed by atoms with Gasteiger partial charge in [0.1, 0.15) is 6.10 Å². The largest absolute Gasteiger partial charge is 0.459 e. The van der Waals surface area contributed by atoms with Crippen LogP contribution >= 0.6 is 0 Å². The third-order valence-corrected chi connectivity index (χ3v) is 7.55. The topological polar surface area (TPSA) is 26.3 Å². The summed E-state index contributed by atoms with van der Waals surface area (Å²) < 4.78 is 5.54. The lowest BCUT2D eigenvalue weighted by Crippen LogP contribution is -2.38. The van der Waals surface area contributed by atoms with Crippen LogP contribution in [-0.4, -0.2) is 12.1 Å². The van der Waals surface area contributed by atoms with Crippen molar-refractivity contribution in [1.82, 2.24) is 0 Å². The Kier molecular flexibility index (Phi) is 3.70. The third-order valence-electron chi connectivity index (χ3n) is 7.55. The zero-order valence-electron chi connectivity index (χ0n) is 13.9. The maximum Gasteiger partial charge on any atom is 0.330 e.